The van der Waals surface area contributed by atoms with E-state index in [1.165, 1.54) is 0 Å². The van der Waals surface area contributed by atoms with Crippen molar-refractivity contribution in [1.82, 2.24) is 4.98 Å². The summed E-state index contributed by atoms with van der Waals surface area (Å²) in [5.41, 5.74) is -0.925. The number of halogens is 5. The molecule has 0 saturated carbocycles. The fraction of sp³-hybridized carbons (Fsp3) is 0.250. The lowest BCUT2D eigenvalue weighted by atomic mass is 10.3. The summed E-state index contributed by atoms with van der Waals surface area (Å²) in [6.45, 7) is 1.09. The summed E-state index contributed by atoms with van der Waals surface area (Å²) in [6, 6.07) is 0.491. The van der Waals surface area contributed by atoms with Crippen LogP contribution < -0.4 is 4.74 Å². The van der Waals surface area contributed by atoms with Gasteiger partial charge in [-0.1, -0.05) is 0 Å². The molecule has 0 aliphatic heterocycles. The summed E-state index contributed by atoms with van der Waals surface area (Å²) in [6.07, 6.45) is -5.05. The predicted octanol–water partition coefficient (Wildman–Crippen LogP) is 2.81. The van der Waals surface area contributed by atoms with Crippen molar-refractivity contribution in [3.05, 3.63) is 23.3 Å². The zero-order valence-corrected chi connectivity index (χ0v) is 8.49. The number of hydrogen-bond donors (Lipinski definition) is 0. The fourth-order valence-corrected chi connectivity index (χ4v) is 1.02. The van der Waals surface area contributed by atoms with E-state index in [0.717, 1.165) is 6.92 Å². The lowest BCUT2D eigenvalue weighted by molar-refractivity contribution is -0.275. The molecule has 0 atom stereocenters. The van der Waals surface area contributed by atoms with Gasteiger partial charge >= 0.3 is 6.36 Å². The van der Waals surface area contributed by atoms with Gasteiger partial charge < -0.3 is 4.74 Å². The van der Waals surface area contributed by atoms with Crippen LogP contribution in [0.3, 0.4) is 0 Å². The quantitative estimate of drug-likeness (QED) is 0.604. The molecule has 0 spiro atoms. The Kier molecular flexibility index (Phi) is 3.37. The second kappa shape index (κ2) is 4.25. The van der Waals surface area contributed by atoms with E-state index in [1.54, 1.807) is 0 Å². The Morgan fingerprint density at radius 2 is 2.06 bits per heavy atom. The van der Waals surface area contributed by atoms with Crippen molar-refractivity contribution in [2.75, 3.05) is 0 Å². The van der Waals surface area contributed by atoms with Crippen LogP contribution in [0.5, 0.6) is 5.75 Å². The monoisotopic (exact) mass is 257 g/mol. The first-order valence-electron chi connectivity index (χ1n) is 3.83. The summed E-state index contributed by atoms with van der Waals surface area (Å²) in [5, 5.41) is -1.10. The molecule has 88 valence electrons. The van der Waals surface area contributed by atoms with Crippen molar-refractivity contribution in [3.8, 4) is 5.75 Å². The molecule has 0 bridgehead atoms. The minimum atomic E-state index is -5.05. The smallest absolute Gasteiger partial charge is 0.402 e. The van der Waals surface area contributed by atoms with Crippen LogP contribution >= 0.6 is 11.6 Å². The first-order valence-corrected chi connectivity index (χ1v) is 4.21. The second-order valence-electron chi connectivity index (χ2n) is 2.73. The van der Waals surface area contributed by atoms with Gasteiger partial charge in [-0.3, -0.25) is 4.79 Å². The van der Waals surface area contributed by atoms with Gasteiger partial charge in [-0.05, 0) is 18.5 Å². The summed E-state index contributed by atoms with van der Waals surface area (Å²) < 4.78 is 52.1. The lowest BCUT2D eigenvalue weighted by Gasteiger charge is -2.11. The normalized spacial score (nSPS) is 11.4. The average molecular weight is 258 g/mol. The molecule has 1 rings (SSSR count). The average Bonchev–Trinajstić information content (AvgIpc) is 2.10. The SMILES string of the molecule is Cc1nc(C(=O)Cl)cc(OC(F)(F)F)c1F. The number of hydrogen-bond acceptors (Lipinski definition) is 3. The Morgan fingerprint density at radius 1 is 1.50 bits per heavy atom. The molecule has 3 nitrogen and oxygen atoms in total. The summed E-state index contributed by atoms with van der Waals surface area (Å²) >= 11 is 5.01. The van der Waals surface area contributed by atoms with Gasteiger partial charge in [0.2, 0.25) is 0 Å². The molecule has 0 unspecified atom stereocenters. The minimum Gasteiger partial charge on any atom is -0.402 e. The van der Waals surface area contributed by atoms with Crippen molar-refractivity contribution < 1.29 is 27.1 Å². The van der Waals surface area contributed by atoms with Gasteiger partial charge in [0.05, 0.1) is 5.69 Å². The Hall–Kier alpha value is -1.37. The van der Waals surface area contributed by atoms with E-state index in [-0.39, 0.29) is 0 Å². The van der Waals surface area contributed by atoms with Gasteiger partial charge in [0.15, 0.2) is 11.6 Å². The first-order chi connectivity index (χ1) is 7.20. The molecule has 1 heterocycles. The zero-order valence-electron chi connectivity index (χ0n) is 7.73. The van der Waals surface area contributed by atoms with Gasteiger partial charge in [0.25, 0.3) is 5.24 Å². The maximum absolute atomic E-state index is 13.1. The van der Waals surface area contributed by atoms with E-state index in [9.17, 15) is 22.4 Å². The highest BCUT2D eigenvalue weighted by Crippen LogP contribution is 2.27. The van der Waals surface area contributed by atoms with Crippen LogP contribution in [0.1, 0.15) is 16.2 Å². The zero-order chi connectivity index (χ0) is 12.5. The molecule has 8 heteroatoms. The Bertz CT molecular complexity index is 433. The van der Waals surface area contributed by atoms with E-state index < -0.39 is 34.6 Å². The second-order valence-corrected chi connectivity index (χ2v) is 3.07. The number of aryl methyl sites for hydroxylation is 1. The molecule has 1 aromatic heterocycles. The van der Waals surface area contributed by atoms with Crippen molar-refractivity contribution >= 4 is 16.8 Å². The first kappa shape index (κ1) is 12.7. The number of alkyl halides is 3. The minimum absolute atomic E-state index is 0.411. The van der Waals surface area contributed by atoms with Crippen molar-refractivity contribution in [2.45, 2.75) is 13.3 Å². The van der Waals surface area contributed by atoms with Gasteiger partial charge in [0, 0.05) is 6.07 Å². The third-order valence-corrected chi connectivity index (χ3v) is 1.71. The van der Waals surface area contributed by atoms with Crippen LogP contribution in [0.4, 0.5) is 17.6 Å². The fourth-order valence-electron chi connectivity index (χ4n) is 0.928. The Labute approximate surface area is 92.0 Å². The van der Waals surface area contributed by atoms with Crippen LogP contribution in [0.15, 0.2) is 6.07 Å². The number of nitrogens with zero attached hydrogens (tertiary/aromatic N) is 1. The molecule has 1 aromatic rings. The van der Waals surface area contributed by atoms with Gasteiger partial charge in [-0.25, -0.2) is 9.37 Å². The molecule has 0 radical (unpaired) electrons. The largest absolute Gasteiger partial charge is 0.573 e. The molecular weight excluding hydrogens is 254 g/mol. The van der Waals surface area contributed by atoms with Crippen LogP contribution in [0.2, 0.25) is 0 Å². The molecule has 0 saturated heterocycles. The number of carbonyl (C=O) groups excluding carboxylic acids is 1. The predicted molar refractivity (Wildman–Crippen MR) is 45.8 cm³/mol. The van der Waals surface area contributed by atoms with Gasteiger partial charge in [0.1, 0.15) is 5.69 Å². The number of ether oxygens (including phenoxy) is 1. The van der Waals surface area contributed by atoms with E-state index in [0.29, 0.717) is 6.07 Å². The van der Waals surface area contributed by atoms with Crippen LogP contribution in [-0.2, 0) is 0 Å². The molecule has 0 amide bonds. The topological polar surface area (TPSA) is 39.2 Å². The van der Waals surface area contributed by atoms with Crippen LogP contribution in [-0.4, -0.2) is 16.6 Å². The van der Waals surface area contributed by atoms with E-state index >= 15 is 0 Å². The standard InChI is InChI=1S/C8H4ClF4NO2/c1-3-6(10)5(16-8(11,12)13)2-4(14-3)7(9)15/h2H,1H3. The Balaban J connectivity index is 3.22. The van der Waals surface area contributed by atoms with E-state index in [4.69, 9.17) is 11.6 Å². The van der Waals surface area contributed by atoms with Crippen molar-refractivity contribution in [3.63, 3.8) is 0 Å². The third kappa shape index (κ3) is 3.06. The highest BCUT2D eigenvalue weighted by Gasteiger charge is 2.33. The van der Waals surface area contributed by atoms with E-state index in [2.05, 4.69) is 9.72 Å². The van der Waals surface area contributed by atoms with Crippen LogP contribution in [0, 0.1) is 12.7 Å². The number of pyridine rings is 1. The number of carbonyl (C=O) groups is 1. The summed E-state index contributed by atoms with van der Waals surface area (Å²) in [7, 11) is 0. The van der Waals surface area contributed by atoms with Crippen LogP contribution in [0.25, 0.3) is 0 Å². The van der Waals surface area contributed by atoms with E-state index in [1.807, 2.05) is 0 Å². The highest BCUT2D eigenvalue weighted by atomic mass is 35.5. The number of aromatic nitrogens is 1. The molecule has 0 N–H and O–H groups in total. The van der Waals surface area contributed by atoms with Crippen molar-refractivity contribution in [2.24, 2.45) is 0 Å². The molecular formula is C8H4ClF4NO2. The van der Waals surface area contributed by atoms with Gasteiger partial charge in [-0.2, -0.15) is 0 Å². The number of rotatable bonds is 2. The lowest BCUT2D eigenvalue weighted by Crippen LogP contribution is -2.19. The molecule has 16 heavy (non-hydrogen) atoms. The molecule has 0 aliphatic carbocycles. The maximum Gasteiger partial charge on any atom is 0.573 e. The Morgan fingerprint density at radius 3 is 2.50 bits per heavy atom. The maximum atomic E-state index is 13.1. The summed E-state index contributed by atoms with van der Waals surface area (Å²) in [4.78, 5) is 14.0. The molecule has 0 aromatic carbocycles. The third-order valence-electron chi connectivity index (χ3n) is 1.52. The molecule has 0 aliphatic rings. The summed E-state index contributed by atoms with van der Waals surface area (Å²) in [5.74, 6) is -2.43. The van der Waals surface area contributed by atoms with Crippen molar-refractivity contribution in [1.29, 1.82) is 0 Å². The molecule has 0 fully saturated rings. The van der Waals surface area contributed by atoms with Gasteiger partial charge in [-0.15, -0.1) is 13.2 Å². The highest BCUT2D eigenvalue weighted by molar-refractivity contribution is 6.67.